The second kappa shape index (κ2) is 15.4. The minimum absolute atomic E-state index is 0.314. The lowest BCUT2D eigenvalue weighted by molar-refractivity contribution is 0.768. The molecule has 0 fully saturated rings. The number of hydrogen-bond acceptors (Lipinski definition) is 1. The number of nitrogens with zero attached hydrogens (tertiary/aromatic N) is 1. The molecule has 3 aliphatic rings. The molecule has 0 saturated carbocycles. The lowest BCUT2D eigenvalue weighted by Crippen LogP contribution is -2.28. The maximum Gasteiger partial charge on any atom is 0.0726 e. The molecule has 322 valence electrons. The van der Waals surface area contributed by atoms with Gasteiger partial charge in [-0.1, -0.05) is 248 Å². The summed E-state index contributed by atoms with van der Waals surface area (Å²) in [4.78, 5) is 0.314. The summed E-state index contributed by atoms with van der Waals surface area (Å²) in [6.45, 7) is 0. The molecule has 14 rings (SSSR count). The average molecular weight is 918 g/mol. The molecule has 1 atom stereocenters. The monoisotopic (exact) mass is 918 g/mol. The normalized spacial score (nSPS) is 23.7. The Morgan fingerprint density at radius 3 is 1.42 bits per heavy atom. The number of para-hydroxylation sites is 1. The zero-order chi connectivity index (χ0) is 82.1. The van der Waals surface area contributed by atoms with Gasteiger partial charge in [0.2, 0.25) is 0 Å². The number of rotatable bonds is 7. The molecule has 0 aliphatic heterocycles. The van der Waals surface area contributed by atoms with Gasteiger partial charge in [0, 0.05) is 16.8 Å². The third-order valence-electron chi connectivity index (χ3n) is 12.4. The van der Waals surface area contributed by atoms with Crippen molar-refractivity contribution in [3.8, 4) is 55.6 Å². The highest BCUT2D eigenvalue weighted by molar-refractivity contribution is 6.04. The molecular formula is C68H45N. The highest BCUT2D eigenvalue weighted by atomic mass is 15.1. The number of fused-ring (bicyclic) bond motifs is 13. The first kappa shape index (κ1) is 15.9. The molecule has 0 saturated heterocycles. The van der Waals surface area contributed by atoms with Crippen molar-refractivity contribution in [2.45, 2.75) is 10.8 Å². The summed E-state index contributed by atoms with van der Waals surface area (Å²) in [7, 11) is 0. The molecule has 11 aromatic carbocycles. The summed E-state index contributed by atoms with van der Waals surface area (Å²) in [5.74, 6) is 0. The number of anilines is 3. The van der Waals surface area contributed by atoms with Crippen LogP contribution in [0.15, 0.2) is 272 Å². The summed E-state index contributed by atoms with van der Waals surface area (Å²) >= 11 is 0. The van der Waals surface area contributed by atoms with Crippen LogP contribution in [0.3, 0.4) is 0 Å². The molecular weight excluding hydrogens is 831 g/mol. The molecule has 0 N–H and O–H groups in total. The zero-order valence-electron chi connectivity index (χ0n) is 76.7. The molecule has 1 spiro atoms. The Labute approximate surface area is 462 Å². The third-order valence-corrected chi connectivity index (χ3v) is 12.4. The summed E-state index contributed by atoms with van der Waals surface area (Å²) in [5.41, 5.74) is -27.5. The van der Waals surface area contributed by atoms with Crippen molar-refractivity contribution >= 4 is 17.1 Å². The highest BCUT2D eigenvalue weighted by Gasteiger charge is 2.52. The number of benzene rings is 11. The predicted molar refractivity (Wildman–Crippen MR) is 286 cm³/mol. The van der Waals surface area contributed by atoms with Gasteiger partial charge in [-0.2, -0.15) is 0 Å². The largest absolute Gasteiger partial charge is 0.309 e. The van der Waals surface area contributed by atoms with Crippen molar-refractivity contribution in [1.82, 2.24) is 0 Å². The van der Waals surface area contributed by atoms with Crippen LogP contribution in [0.1, 0.15) is 102 Å². The molecule has 0 radical (unpaired) electrons. The van der Waals surface area contributed by atoms with E-state index in [1.54, 1.807) is 0 Å². The van der Waals surface area contributed by atoms with E-state index in [1.807, 2.05) is 0 Å². The molecule has 1 unspecified atom stereocenters. The standard InChI is InChI=1S/C68H45N/c1-4-22-46(23-5-1)47-42-44-50(45-43-47)69(64-41-21-39-62-66(64)56-32-13-18-37-60(56)68(62)57-34-15-10-28-51(57)52-29-11-16-35-58(52)68)63-40-19-14-30-53(63)54-33-20-38-61-65(54)55-31-12-17-36-59(55)67(61,48-24-6-2-7-25-48)49-26-8-3-9-27-49/h1-45H/i1D,2D,3D,4D,5D,6D,7D,8D,9D,10D,11D,12D,13D,14D,15D,16D,17D,18D,19D,20D,21D,22D,23D,24D,25D,26D,27D,28D,31D,32D,33D,34D,35D,37D,38D,39D,40D,41D,42D,43D,44D,45D. The third kappa shape index (κ3) is 5.47. The van der Waals surface area contributed by atoms with E-state index in [9.17, 15) is 39.8 Å². The Morgan fingerprint density at radius 2 is 0.710 bits per heavy atom. The van der Waals surface area contributed by atoms with Gasteiger partial charge < -0.3 is 4.90 Å². The Balaban J connectivity index is 1.30. The van der Waals surface area contributed by atoms with Gasteiger partial charge in [-0.05, 0) is 113 Å². The van der Waals surface area contributed by atoms with Crippen LogP contribution in [0.5, 0.6) is 0 Å². The molecule has 0 heterocycles. The van der Waals surface area contributed by atoms with E-state index in [4.69, 9.17) is 17.8 Å². The Bertz CT molecular complexity index is 6130. The van der Waals surface area contributed by atoms with E-state index in [0.717, 1.165) is 6.07 Å². The van der Waals surface area contributed by atoms with Crippen molar-refractivity contribution in [3.05, 3.63) is 316 Å². The van der Waals surface area contributed by atoms with Gasteiger partial charge in [0.15, 0.2) is 0 Å². The van der Waals surface area contributed by atoms with Crippen molar-refractivity contribution in [3.63, 3.8) is 0 Å². The first-order chi connectivity index (χ1) is 51.7. The van der Waals surface area contributed by atoms with Gasteiger partial charge in [0.1, 0.15) is 0 Å². The maximum atomic E-state index is 10.5. The fourth-order valence-electron chi connectivity index (χ4n) is 9.85. The second-order valence-corrected chi connectivity index (χ2v) is 15.5. The van der Waals surface area contributed by atoms with Crippen molar-refractivity contribution < 1.29 is 57.6 Å². The van der Waals surface area contributed by atoms with Crippen molar-refractivity contribution in [2.24, 2.45) is 0 Å². The van der Waals surface area contributed by atoms with E-state index in [2.05, 4.69) is 0 Å². The van der Waals surface area contributed by atoms with Crippen LogP contribution in [0.25, 0.3) is 55.6 Å². The first-order valence-electron chi connectivity index (χ1n) is 41.7. The molecule has 69 heavy (non-hydrogen) atoms. The molecule has 11 aromatic rings. The fraction of sp³-hybridized carbons (Fsp3) is 0.0294. The molecule has 3 aliphatic carbocycles. The van der Waals surface area contributed by atoms with Crippen LogP contribution in [-0.4, -0.2) is 0 Å². The maximum absolute atomic E-state index is 10.5. The molecule has 0 aromatic heterocycles. The lowest BCUT2D eigenvalue weighted by Gasteiger charge is -2.34. The highest BCUT2D eigenvalue weighted by Crippen LogP contribution is 2.65. The van der Waals surface area contributed by atoms with Gasteiger partial charge in [-0.15, -0.1) is 0 Å². The molecule has 1 nitrogen and oxygen atoms in total. The Morgan fingerprint density at radius 1 is 0.261 bits per heavy atom. The van der Waals surface area contributed by atoms with Gasteiger partial charge in [0.05, 0.1) is 79.8 Å². The molecule has 1 heteroatoms. The minimum Gasteiger partial charge on any atom is -0.309 e. The van der Waals surface area contributed by atoms with E-state index in [0.29, 0.717) is 17.0 Å². The van der Waals surface area contributed by atoms with E-state index < -0.39 is 382 Å². The van der Waals surface area contributed by atoms with Crippen LogP contribution in [0.2, 0.25) is 0 Å². The van der Waals surface area contributed by atoms with Gasteiger partial charge in [-0.25, -0.2) is 0 Å². The summed E-state index contributed by atoms with van der Waals surface area (Å²) < 4.78 is 401. The SMILES string of the molecule is [2H]c1cc2c(c([2H])c1[2H])-c1c(-c3cc([2H])c([2H])c([2H])c3N(c3c([2H])c([2H])c(-c4c([2H])c([2H])c([2H])c([2H])c4[2H])c([2H])c3[2H])c3c([2H])c([2H])c([2H])c4c3-c3c([2H])c([2H])c([2H])c([2H])c3C43c4c(cc([2H])c([2H])c4[2H])-c4c([2H])c([2H])c([2H])c([2H])c43)c([2H])c([2H])c([2H])c1C2(c1c([2H])c([2H])c([2H])c([2H])c1[2H])c1c([2H])c([2H])c([2H])c([2H])c1[2H]. The number of hydrogen-bond donors (Lipinski definition) is 0. The van der Waals surface area contributed by atoms with Crippen LogP contribution in [-0.2, 0) is 10.8 Å². The lowest BCUT2D eigenvalue weighted by atomic mass is 9.67. The first-order valence-corrected chi connectivity index (χ1v) is 20.7. The summed E-state index contributed by atoms with van der Waals surface area (Å²) in [5, 5.41) is 0. The summed E-state index contributed by atoms with van der Waals surface area (Å²) in [6.07, 6.45) is 0. The van der Waals surface area contributed by atoms with Gasteiger partial charge >= 0.3 is 0 Å². The topological polar surface area (TPSA) is 3.24 Å². The minimum atomic E-state index is -3.38. The van der Waals surface area contributed by atoms with E-state index in [-0.39, 0.29) is 0 Å². The molecule has 0 amide bonds. The van der Waals surface area contributed by atoms with Crippen molar-refractivity contribution in [1.29, 1.82) is 0 Å². The average Bonchev–Trinajstić information content (AvgIpc) is 1.49. The molecule has 0 bridgehead atoms. The second-order valence-electron chi connectivity index (χ2n) is 15.5. The van der Waals surface area contributed by atoms with Gasteiger partial charge in [0.25, 0.3) is 0 Å². The Kier molecular flexibility index (Phi) is 3.55. The van der Waals surface area contributed by atoms with E-state index >= 15 is 0 Å². The van der Waals surface area contributed by atoms with Gasteiger partial charge in [-0.3, -0.25) is 0 Å². The van der Waals surface area contributed by atoms with Crippen molar-refractivity contribution in [2.75, 3.05) is 4.90 Å². The smallest absolute Gasteiger partial charge is 0.0726 e. The summed E-state index contributed by atoms with van der Waals surface area (Å²) in [6, 6.07) is -48.1. The van der Waals surface area contributed by atoms with Crippen LogP contribution in [0.4, 0.5) is 17.1 Å². The Hall–Kier alpha value is -8.78. The van der Waals surface area contributed by atoms with E-state index in [1.165, 1.54) is 0 Å². The van der Waals surface area contributed by atoms with Crippen LogP contribution < -0.4 is 4.90 Å². The quantitative estimate of drug-likeness (QED) is 0.154. The predicted octanol–water partition coefficient (Wildman–Crippen LogP) is 17.2. The zero-order valence-corrected chi connectivity index (χ0v) is 34.7. The van der Waals surface area contributed by atoms with Crippen LogP contribution in [0, 0.1) is 0 Å². The fourth-order valence-corrected chi connectivity index (χ4v) is 9.85. The van der Waals surface area contributed by atoms with Crippen LogP contribution >= 0.6 is 0 Å².